The molecule has 2 aliphatic rings. The molecule has 0 aliphatic carbocycles. The second-order valence-electron chi connectivity index (χ2n) is 4.68. The molecule has 0 unspecified atom stereocenters. The Bertz CT molecular complexity index is 338. The Labute approximate surface area is 103 Å². The highest BCUT2D eigenvalue weighted by Gasteiger charge is 2.40. The second kappa shape index (κ2) is 5.22. The summed E-state index contributed by atoms with van der Waals surface area (Å²) in [6.45, 7) is 4.37. The summed E-state index contributed by atoms with van der Waals surface area (Å²) >= 11 is 0. The Morgan fingerprint density at radius 3 is 2.29 bits per heavy atom. The van der Waals surface area contributed by atoms with Gasteiger partial charge in [-0.3, -0.25) is 0 Å². The lowest BCUT2D eigenvalue weighted by molar-refractivity contribution is -0.280. The SMILES string of the molecule is CCCS(=O)(=O)N1CCC2(CC1)OCCCO2. The van der Waals surface area contributed by atoms with E-state index in [0.717, 1.165) is 19.6 Å². The molecule has 100 valence electrons. The molecule has 0 atom stereocenters. The quantitative estimate of drug-likeness (QED) is 0.761. The molecule has 2 aliphatic heterocycles. The van der Waals surface area contributed by atoms with Crippen LogP contribution in [-0.4, -0.2) is 50.6 Å². The molecule has 2 rings (SSSR count). The maximum absolute atomic E-state index is 11.9. The molecule has 5 nitrogen and oxygen atoms in total. The van der Waals surface area contributed by atoms with Crippen molar-refractivity contribution in [2.45, 2.75) is 38.4 Å². The normalized spacial score (nSPS) is 26.2. The summed E-state index contributed by atoms with van der Waals surface area (Å²) in [4.78, 5) is 0. The highest BCUT2D eigenvalue weighted by atomic mass is 32.2. The third-order valence-electron chi connectivity index (χ3n) is 3.36. The zero-order valence-corrected chi connectivity index (χ0v) is 11.2. The Hall–Kier alpha value is -0.170. The summed E-state index contributed by atoms with van der Waals surface area (Å²) in [7, 11) is -3.07. The molecule has 1 spiro atoms. The number of nitrogens with zero attached hydrogens (tertiary/aromatic N) is 1. The fourth-order valence-electron chi connectivity index (χ4n) is 2.40. The van der Waals surface area contributed by atoms with Crippen LogP contribution in [0.1, 0.15) is 32.6 Å². The second-order valence-corrected chi connectivity index (χ2v) is 6.76. The van der Waals surface area contributed by atoms with E-state index in [1.165, 1.54) is 0 Å². The molecule has 0 saturated carbocycles. The molecule has 0 radical (unpaired) electrons. The maximum atomic E-state index is 11.9. The van der Waals surface area contributed by atoms with Crippen LogP contribution in [0.5, 0.6) is 0 Å². The van der Waals surface area contributed by atoms with E-state index in [0.29, 0.717) is 32.4 Å². The van der Waals surface area contributed by atoms with Crippen LogP contribution in [0, 0.1) is 0 Å². The van der Waals surface area contributed by atoms with Crippen LogP contribution < -0.4 is 0 Å². The van der Waals surface area contributed by atoms with Gasteiger partial charge < -0.3 is 9.47 Å². The van der Waals surface area contributed by atoms with Gasteiger partial charge in [0.1, 0.15) is 0 Å². The summed E-state index contributed by atoms with van der Waals surface area (Å²) in [6.07, 6.45) is 2.89. The number of hydrogen-bond acceptors (Lipinski definition) is 4. The van der Waals surface area contributed by atoms with Crippen LogP contribution in [0.25, 0.3) is 0 Å². The molecule has 2 fully saturated rings. The van der Waals surface area contributed by atoms with Crippen molar-refractivity contribution in [3.8, 4) is 0 Å². The van der Waals surface area contributed by atoms with Gasteiger partial charge in [-0.1, -0.05) is 6.92 Å². The molecule has 2 heterocycles. The van der Waals surface area contributed by atoms with Gasteiger partial charge in [0, 0.05) is 25.9 Å². The monoisotopic (exact) mass is 263 g/mol. The van der Waals surface area contributed by atoms with Gasteiger partial charge in [-0.25, -0.2) is 12.7 Å². The predicted molar refractivity (Wildman–Crippen MR) is 64.1 cm³/mol. The smallest absolute Gasteiger partial charge is 0.214 e. The first-order chi connectivity index (χ1) is 8.08. The van der Waals surface area contributed by atoms with Crippen molar-refractivity contribution in [2.75, 3.05) is 32.1 Å². The Kier molecular flexibility index (Phi) is 4.07. The summed E-state index contributed by atoms with van der Waals surface area (Å²) < 4.78 is 36.7. The Morgan fingerprint density at radius 1 is 1.18 bits per heavy atom. The molecule has 2 saturated heterocycles. The van der Waals surface area contributed by atoms with E-state index in [9.17, 15) is 8.42 Å². The van der Waals surface area contributed by atoms with E-state index < -0.39 is 15.8 Å². The molecule has 6 heteroatoms. The fraction of sp³-hybridized carbons (Fsp3) is 1.00. The fourth-order valence-corrected chi connectivity index (χ4v) is 3.91. The third kappa shape index (κ3) is 2.99. The van der Waals surface area contributed by atoms with Crippen LogP contribution in [0.15, 0.2) is 0 Å². The lowest BCUT2D eigenvalue weighted by Gasteiger charge is -2.42. The minimum Gasteiger partial charge on any atom is -0.350 e. The van der Waals surface area contributed by atoms with E-state index in [1.807, 2.05) is 6.92 Å². The van der Waals surface area contributed by atoms with Crippen LogP contribution in [-0.2, 0) is 19.5 Å². The van der Waals surface area contributed by atoms with Crippen molar-refractivity contribution in [1.29, 1.82) is 0 Å². The molecule has 0 aromatic rings. The van der Waals surface area contributed by atoms with Gasteiger partial charge in [0.05, 0.1) is 19.0 Å². The van der Waals surface area contributed by atoms with Crippen molar-refractivity contribution < 1.29 is 17.9 Å². The zero-order valence-electron chi connectivity index (χ0n) is 10.4. The first-order valence-electron chi connectivity index (χ1n) is 6.34. The van der Waals surface area contributed by atoms with Gasteiger partial charge >= 0.3 is 0 Å². The van der Waals surface area contributed by atoms with Crippen molar-refractivity contribution in [2.24, 2.45) is 0 Å². The minimum atomic E-state index is -3.07. The van der Waals surface area contributed by atoms with Crippen LogP contribution in [0.4, 0.5) is 0 Å². The van der Waals surface area contributed by atoms with E-state index in [2.05, 4.69) is 0 Å². The average Bonchev–Trinajstić information content (AvgIpc) is 2.30. The third-order valence-corrected chi connectivity index (χ3v) is 5.43. The molecular formula is C11H21NO4S. The number of hydrogen-bond donors (Lipinski definition) is 0. The molecule has 0 aromatic heterocycles. The minimum absolute atomic E-state index is 0.238. The number of sulfonamides is 1. The van der Waals surface area contributed by atoms with Gasteiger partial charge in [-0.2, -0.15) is 0 Å². The molecule has 0 bridgehead atoms. The van der Waals surface area contributed by atoms with Crippen molar-refractivity contribution >= 4 is 10.0 Å². The maximum Gasteiger partial charge on any atom is 0.214 e. The topological polar surface area (TPSA) is 55.8 Å². The number of ether oxygens (including phenoxy) is 2. The highest BCUT2D eigenvalue weighted by molar-refractivity contribution is 7.89. The zero-order chi connectivity index (χ0) is 12.4. The van der Waals surface area contributed by atoms with Crippen molar-refractivity contribution in [1.82, 2.24) is 4.31 Å². The lowest BCUT2D eigenvalue weighted by Crippen LogP contribution is -2.51. The lowest BCUT2D eigenvalue weighted by atomic mass is 10.0. The summed E-state index contributed by atoms with van der Waals surface area (Å²) in [5, 5.41) is 0. The molecule has 0 aromatic carbocycles. The molecule has 0 N–H and O–H groups in total. The van der Waals surface area contributed by atoms with Gasteiger partial charge in [-0.05, 0) is 12.8 Å². The summed E-state index contributed by atoms with van der Waals surface area (Å²) in [6, 6.07) is 0. The van der Waals surface area contributed by atoms with Crippen LogP contribution in [0.3, 0.4) is 0 Å². The highest BCUT2D eigenvalue weighted by Crippen LogP contribution is 2.31. The number of piperidine rings is 1. The summed E-state index contributed by atoms with van der Waals surface area (Å²) in [5.74, 6) is -0.266. The Balaban J connectivity index is 1.93. The average molecular weight is 263 g/mol. The first-order valence-corrected chi connectivity index (χ1v) is 7.95. The largest absolute Gasteiger partial charge is 0.350 e. The Morgan fingerprint density at radius 2 is 1.76 bits per heavy atom. The number of rotatable bonds is 3. The van der Waals surface area contributed by atoms with E-state index in [4.69, 9.17) is 9.47 Å². The first kappa shape index (κ1) is 13.3. The van der Waals surface area contributed by atoms with E-state index in [1.54, 1.807) is 4.31 Å². The van der Waals surface area contributed by atoms with Crippen LogP contribution >= 0.6 is 0 Å². The van der Waals surface area contributed by atoms with Gasteiger partial charge in [0.2, 0.25) is 10.0 Å². The van der Waals surface area contributed by atoms with Crippen molar-refractivity contribution in [3.05, 3.63) is 0 Å². The van der Waals surface area contributed by atoms with Gasteiger partial charge in [0.15, 0.2) is 5.79 Å². The molecular weight excluding hydrogens is 242 g/mol. The summed E-state index contributed by atoms with van der Waals surface area (Å²) in [5.41, 5.74) is 0. The van der Waals surface area contributed by atoms with Crippen LogP contribution in [0.2, 0.25) is 0 Å². The predicted octanol–water partition coefficient (Wildman–Crippen LogP) is 0.955. The van der Waals surface area contributed by atoms with E-state index >= 15 is 0 Å². The van der Waals surface area contributed by atoms with Gasteiger partial charge in [-0.15, -0.1) is 0 Å². The van der Waals surface area contributed by atoms with Gasteiger partial charge in [0.25, 0.3) is 0 Å². The van der Waals surface area contributed by atoms with E-state index in [-0.39, 0.29) is 5.75 Å². The molecule has 0 amide bonds. The van der Waals surface area contributed by atoms with Crippen molar-refractivity contribution in [3.63, 3.8) is 0 Å². The standard InChI is InChI=1S/C11H21NO4S/c1-2-10-17(13,14)12-6-4-11(5-7-12)15-8-3-9-16-11/h2-10H2,1H3. The molecule has 17 heavy (non-hydrogen) atoms.